The van der Waals surface area contributed by atoms with Crippen LogP contribution >= 0.6 is 0 Å². The van der Waals surface area contributed by atoms with Crippen molar-refractivity contribution >= 4 is 5.91 Å². The molecule has 0 radical (unpaired) electrons. The molecule has 164 valence electrons. The van der Waals surface area contributed by atoms with E-state index in [1.165, 1.54) is 0 Å². The second-order valence-corrected chi connectivity index (χ2v) is 8.02. The number of nitrogens with one attached hydrogen (secondary N) is 1. The number of ether oxygens (including phenoxy) is 2. The van der Waals surface area contributed by atoms with Gasteiger partial charge in [-0.15, -0.1) is 10.2 Å². The average Bonchev–Trinajstić information content (AvgIpc) is 3.30. The Morgan fingerprint density at radius 3 is 2.77 bits per heavy atom. The van der Waals surface area contributed by atoms with Crippen molar-refractivity contribution in [3.63, 3.8) is 0 Å². The van der Waals surface area contributed by atoms with Crippen LogP contribution in [0.5, 0.6) is 11.5 Å². The Balaban J connectivity index is 1.44. The fraction of sp³-hybridized carbons (Fsp3) is 0.455. The molecule has 9 nitrogen and oxygen atoms in total. The van der Waals surface area contributed by atoms with Gasteiger partial charge >= 0.3 is 0 Å². The minimum absolute atomic E-state index is 0.0250. The first-order valence-corrected chi connectivity index (χ1v) is 10.5. The monoisotopic (exact) mass is 424 g/mol. The van der Waals surface area contributed by atoms with Crippen LogP contribution in [0.2, 0.25) is 0 Å². The molecule has 1 aliphatic rings. The average molecular weight is 425 g/mol. The highest BCUT2D eigenvalue weighted by molar-refractivity contribution is 5.95. The Morgan fingerprint density at radius 2 is 2.06 bits per heavy atom. The molecule has 3 heterocycles. The first-order valence-electron chi connectivity index (χ1n) is 10.5. The first-order chi connectivity index (χ1) is 14.9. The second kappa shape index (κ2) is 8.79. The maximum absolute atomic E-state index is 12.9. The highest BCUT2D eigenvalue weighted by Gasteiger charge is 2.23. The fourth-order valence-electron chi connectivity index (χ4n) is 3.81. The highest BCUT2D eigenvalue weighted by Crippen LogP contribution is 2.29. The molecule has 1 atom stereocenters. The summed E-state index contributed by atoms with van der Waals surface area (Å²) in [6, 6.07) is 5.32. The third-order valence-electron chi connectivity index (χ3n) is 5.33. The Kier molecular flexibility index (Phi) is 5.92. The largest absolute Gasteiger partial charge is 0.493 e. The van der Waals surface area contributed by atoms with Crippen LogP contribution in [-0.2, 0) is 20.0 Å². The Morgan fingerprint density at radius 1 is 1.23 bits per heavy atom. The van der Waals surface area contributed by atoms with Gasteiger partial charge in [0, 0.05) is 37.8 Å². The van der Waals surface area contributed by atoms with E-state index in [0.717, 1.165) is 43.0 Å². The molecule has 1 aromatic carbocycles. The van der Waals surface area contributed by atoms with E-state index >= 15 is 0 Å². The lowest BCUT2D eigenvalue weighted by molar-refractivity contribution is 0.0932. The van der Waals surface area contributed by atoms with Crippen LogP contribution in [0, 0.1) is 0 Å². The zero-order valence-electron chi connectivity index (χ0n) is 18.3. The summed E-state index contributed by atoms with van der Waals surface area (Å²) in [6.45, 7) is 4.64. The van der Waals surface area contributed by atoms with Crippen LogP contribution in [0.15, 0.2) is 30.6 Å². The van der Waals surface area contributed by atoms with E-state index < -0.39 is 0 Å². The van der Waals surface area contributed by atoms with Gasteiger partial charge in [0.2, 0.25) is 0 Å². The molecule has 0 spiro atoms. The van der Waals surface area contributed by atoms with Crippen LogP contribution in [0.3, 0.4) is 0 Å². The second-order valence-electron chi connectivity index (χ2n) is 8.02. The maximum Gasteiger partial charge on any atom is 0.251 e. The molecule has 0 bridgehead atoms. The minimum Gasteiger partial charge on any atom is -0.493 e. The minimum atomic E-state index is -0.121. The van der Waals surface area contributed by atoms with E-state index in [1.807, 2.05) is 27.1 Å². The number of aromatic nitrogens is 5. The van der Waals surface area contributed by atoms with Crippen molar-refractivity contribution in [2.24, 2.45) is 7.05 Å². The quantitative estimate of drug-likeness (QED) is 0.653. The maximum atomic E-state index is 12.9. The molecule has 0 fully saturated rings. The SMILES string of the molecule is COc1cc(C(=O)NC2CCc3nnc(-c4cnn(C)c4)n3CC2)ccc1OC(C)C. The van der Waals surface area contributed by atoms with Gasteiger partial charge in [-0.2, -0.15) is 5.10 Å². The molecular formula is C22H28N6O3. The van der Waals surface area contributed by atoms with Gasteiger partial charge in [-0.05, 0) is 44.9 Å². The van der Waals surface area contributed by atoms with E-state index in [-0.39, 0.29) is 18.1 Å². The molecule has 1 aliphatic heterocycles. The summed E-state index contributed by atoms with van der Waals surface area (Å²) in [5, 5.41) is 16.1. The van der Waals surface area contributed by atoms with Gasteiger partial charge in [0.25, 0.3) is 5.91 Å². The van der Waals surface area contributed by atoms with Crippen molar-refractivity contribution in [3.05, 3.63) is 42.0 Å². The lowest BCUT2D eigenvalue weighted by Crippen LogP contribution is -2.35. The molecule has 4 rings (SSSR count). The molecule has 2 aromatic heterocycles. The smallest absolute Gasteiger partial charge is 0.251 e. The number of fused-ring (bicyclic) bond motifs is 1. The van der Waals surface area contributed by atoms with Crippen LogP contribution in [0.1, 0.15) is 42.9 Å². The predicted octanol–water partition coefficient (Wildman–Crippen LogP) is 2.61. The Hall–Kier alpha value is -3.36. The zero-order valence-corrected chi connectivity index (χ0v) is 18.3. The van der Waals surface area contributed by atoms with Crippen LogP contribution in [0.4, 0.5) is 0 Å². The van der Waals surface area contributed by atoms with Crippen LogP contribution in [-0.4, -0.2) is 49.7 Å². The number of nitrogens with zero attached hydrogens (tertiary/aromatic N) is 5. The fourth-order valence-corrected chi connectivity index (χ4v) is 3.81. The highest BCUT2D eigenvalue weighted by atomic mass is 16.5. The number of rotatable bonds is 6. The molecule has 3 aromatic rings. The Labute approximate surface area is 181 Å². The van der Waals surface area contributed by atoms with Crippen molar-refractivity contribution in [3.8, 4) is 22.9 Å². The summed E-state index contributed by atoms with van der Waals surface area (Å²) in [5.74, 6) is 2.82. The zero-order chi connectivity index (χ0) is 22.0. The van der Waals surface area contributed by atoms with E-state index in [4.69, 9.17) is 9.47 Å². The van der Waals surface area contributed by atoms with E-state index in [2.05, 4.69) is 25.2 Å². The van der Waals surface area contributed by atoms with Gasteiger partial charge in [-0.3, -0.25) is 9.48 Å². The van der Waals surface area contributed by atoms with Crippen molar-refractivity contribution in [2.45, 2.75) is 51.8 Å². The Bertz CT molecular complexity index is 1070. The van der Waals surface area contributed by atoms with E-state index in [1.54, 1.807) is 36.2 Å². The number of methoxy groups -OCH3 is 1. The van der Waals surface area contributed by atoms with Gasteiger partial charge < -0.3 is 19.4 Å². The van der Waals surface area contributed by atoms with Crippen molar-refractivity contribution < 1.29 is 14.3 Å². The molecule has 1 amide bonds. The number of aryl methyl sites for hydroxylation is 2. The molecule has 1 N–H and O–H groups in total. The summed E-state index contributed by atoms with van der Waals surface area (Å²) < 4.78 is 15.0. The van der Waals surface area contributed by atoms with Crippen LogP contribution < -0.4 is 14.8 Å². The van der Waals surface area contributed by atoms with Crippen LogP contribution in [0.25, 0.3) is 11.4 Å². The van der Waals surface area contributed by atoms with Gasteiger partial charge in [0.15, 0.2) is 17.3 Å². The summed E-state index contributed by atoms with van der Waals surface area (Å²) >= 11 is 0. The number of benzene rings is 1. The van der Waals surface area contributed by atoms with Crippen molar-refractivity contribution in [1.29, 1.82) is 0 Å². The molecular weight excluding hydrogens is 396 g/mol. The van der Waals surface area contributed by atoms with Gasteiger partial charge in [0.1, 0.15) is 5.82 Å². The number of amides is 1. The predicted molar refractivity (Wildman–Crippen MR) is 115 cm³/mol. The van der Waals surface area contributed by atoms with E-state index in [0.29, 0.717) is 17.1 Å². The summed E-state index contributed by atoms with van der Waals surface area (Å²) in [6.07, 6.45) is 6.11. The normalized spacial score (nSPS) is 16.0. The first kappa shape index (κ1) is 20.9. The molecule has 0 aliphatic carbocycles. The topological polar surface area (TPSA) is 96.1 Å². The summed E-state index contributed by atoms with van der Waals surface area (Å²) in [4.78, 5) is 12.9. The summed E-state index contributed by atoms with van der Waals surface area (Å²) in [5.41, 5.74) is 1.49. The number of hydrogen-bond acceptors (Lipinski definition) is 6. The van der Waals surface area contributed by atoms with Gasteiger partial charge in [-0.25, -0.2) is 0 Å². The third kappa shape index (κ3) is 4.55. The molecule has 31 heavy (non-hydrogen) atoms. The standard InChI is InChI=1S/C22H28N6O3/c1-14(2)31-18-7-5-15(11-19(18)30-4)22(29)24-17-6-8-20-25-26-21(28(20)10-9-17)16-12-23-27(3)13-16/h5,7,11-14,17H,6,8-10H2,1-4H3,(H,24,29). The number of carbonyl (C=O) groups is 1. The lowest BCUT2D eigenvalue weighted by Gasteiger charge is -2.18. The lowest BCUT2D eigenvalue weighted by atomic mass is 10.1. The summed E-state index contributed by atoms with van der Waals surface area (Å²) in [7, 11) is 3.45. The molecule has 0 saturated carbocycles. The van der Waals surface area contributed by atoms with Crippen molar-refractivity contribution in [1.82, 2.24) is 29.9 Å². The van der Waals surface area contributed by atoms with Gasteiger partial charge in [0.05, 0.1) is 25.0 Å². The number of hydrogen-bond donors (Lipinski definition) is 1. The number of carbonyl (C=O) groups excluding carboxylic acids is 1. The molecule has 1 unspecified atom stereocenters. The molecule has 9 heteroatoms. The van der Waals surface area contributed by atoms with Crippen molar-refractivity contribution in [2.75, 3.05) is 7.11 Å². The third-order valence-corrected chi connectivity index (χ3v) is 5.33. The molecule has 0 saturated heterocycles. The van der Waals surface area contributed by atoms with Gasteiger partial charge in [-0.1, -0.05) is 0 Å². The van der Waals surface area contributed by atoms with E-state index in [9.17, 15) is 4.79 Å².